The molecule has 122 valence electrons. The molecule has 1 fully saturated rings. The van der Waals surface area contributed by atoms with Crippen molar-refractivity contribution in [2.45, 2.75) is 18.9 Å². The van der Waals surface area contributed by atoms with Crippen LogP contribution >= 0.6 is 0 Å². The van der Waals surface area contributed by atoms with E-state index in [1.54, 1.807) is 5.01 Å². The SMILES string of the molecule is O=C(N1CC(Cc2ccccc2)C1)N1N=CCC1c1ccccc1. The molecule has 0 spiro atoms. The zero-order valence-electron chi connectivity index (χ0n) is 13.6. The van der Waals surface area contributed by atoms with Gasteiger partial charge in [0.1, 0.15) is 0 Å². The highest BCUT2D eigenvalue weighted by molar-refractivity contribution is 5.79. The van der Waals surface area contributed by atoms with Gasteiger partial charge in [-0.1, -0.05) is 60.7 Å². The van der Waals surface area contributed by atoms with Gasteiger partial charge < -0.3 is 4.90 Å². The first-order chi connectivity index (χ1) is 11.8. The van der Waals surface area contributed by atoms with E-state index in [1.807, 2.05) is 35.4 Å². The van der Waals surface area contributed by atoms with Crippen LogP contribution in [0, 0.1) is 5.92 Å². The van der Waals surface area contributed by atoms with Crippen molar-refractivity contribution in [1.29, 1.82) is 0 Å². The summed E-state index contributed by atoms with van der Waals surface area (Å²) >= 11 is 0. The topological polar surface area (TPSA) is 35.9 Å². The van der Waals surface area contributed by atoms with E-state index in [4.69, 9.17) is 0 Å². The molecule has 0 aromatic heterocycles. The Bertz CT molecular complexity index is 723. The Morgan fingerprint density at radius 1 is 1.00 bits per heavy atom. The third kappa shape index (κ3) is 2.92. The Morgan fingerprint density at radius 2 is 1.67 bits per heavy atom. The van der Waals surface area contributed by atoms with Crippen LogP contribution in [-0.4, -0.2) is 35.2 Å². The molecule has 4 nitrogen and oxygen atoms in total. The molecule has 4 rings (SSSR count). The molecule has 24 heavy (non-hydrogen) atoms. The van der Waals surface area contributed by atoms with Crippen LogP contribution in [0.5, 0.6) is 0 Å². The van der Waals surface area contributed by atoms with Crippen molar-refractivity contribution in [2.24, 2.45) is 11.0 Å². The number of urea groups is 1. The minimum absolute atomic E-state index is 0.0296. The second kappa shape index (κ2) is 6.48. The summed E-state index contributed by atoms with van der Waals surface area (Å²) in [7, 11) is 0. The normalized spacial score (nSPS) is 20.2. The van der Waals surface area contributed by atoms with Gasteiger partial charge in [-0.05, 0) is 23.5 Å². The molecular weight excluding hydrogens is 298 g/mol. The van der Waals surface area contributed by atoms with E-state index in [9.17, 15) is 4.79 Å². The van der Waals surface area contributed by atoms with Gasteiger partial charge in [-0.15, -0.1) is 0 Å². The summed E-state index contributed by atoms with van der Waals surface area (Å²) in [5, 5.41) is 5.97. The van der Waals surface area contributed by atoms with Crippen LogP contribution < -0.4 is 0 Å². The number of amides is 2. The lowest BCUT2D eigenvalue weighted by Gasteiger charge is -2.41. The van der Waals surface area contributed by atoms with Crippen molar-refractivity contribution < 1.29 is 4.79 Å². The molecule has 2 aliphatic heterocycles. The number of hydrazone groups is 1. The summed E-state index contributed by atoms with van der Waals surface area (Å²) in [5.41, 5.74) is 2.49. The largest absolute Gasteiger partial charge is 0.341 e. The van der Waals surface area contributed by atoms with E-state index < -0.39 is 0 Å². The minimum Gasteiger partial charge on any atom is -0.322 e. The molecule has 0 bridgehead atoms. The molecule has 2 aromatic rings. The van der Waals surface area contributed by atoms with Crippen molar-refractivity contribution in [3.8, 4) is 0 Å². The average molecular weight is 319 g/mol. The Morgan fingerprint density at radius 3 is 2.38 bits per heavy atom. The maximum atomic E-state index is 12.7. The molecule has 1 unspecified atom stereocenters. The molecule has 0 aliphatic carbocycles. The molecule has 0 N–H and O–H groups in total. The van der Waals surface area contributed by atoms with Crippen LogP contribution in [0.3, 0.4) is 0 Å². The minimum atomic E-state index is 0.0296. The lowest BCUT2D eigenvalue weighted by Crippen LogP contribution is -2.54. The van der Waals surface area contributed by atoms with Crippen molar-refractivity contribution in [3.63, 3.8) is 0 Å². The van der Waals surface area contributed by atoms with Gasteiger partial charge in [0, 0.05) is 25.7 Å². The molecule has 4 heteroatoms. The Kier molecular flexibility index (Phi) is 4.03. The van der Waals surface area contributed by atoms with Crippen molar-refractivity contribution in [2.75, 3.05) is 13.1 Å². The van der Waals surface area contributed by atoms with Gasteiger partial charge in [0.15, 0.2) is 0 Å². The number of benzene rings is 2. The van der Waals surface area contributed by atoms with Crippen LogP contribution in [0.15, 0.2) is 65.8 Å². The summed E-state index contributed by atoms with van der Waals surface area (Å²) in [4.78, 5) is 14.7. The van der Waals surface area contributed by atoms with E-state index in [1.165, 1.54) is 5.56 Å². The van der Waals surface area contributed by atoms with E-state index >= 15 is 0 Å². The van der Waals surface area contributed by atoms with Crippen molar-refractivity contribution >= 4 is 12.2 Å². The highest BCUT2D eigenvalue weighted by Crippen LogP contribution is 2.31. The number of nitrogens with zero attached hydrogens (tertiary/aromatic N) is 3. The molecular formula is C20H21N3O. The summed E-state index contributed by atoms with van der Waals surface area (Å²) in [5.74, 6) is 0.554. The first kappa shape index (κ1) is 14.9. The van der Waals surface area contributed by atoms with E-state index in [-0.39, 0.29) is 12.1 Å². The van der Waals surface area contributed by atoms with Gasteiger partial charge in [-0.3, -0.25) is 0 Å². The lowest BCUT2D eigenvalue weighted by atomic mass is 9.92. The average Bonchev–Trinajstić information content (AvgIpc) is 3.09. The molecule has 0 saturated carbocycles. The first-order valence-corrected chi connectivity index (χ1v) is 8.51. The third-order valence-electron chi connectivity index (χ3n) is 4.81. The van der Waals surface area contributed by atoms with Gasteiger partial charge in [0.05, 0.1) is 6.04 Å². The summed E-state index contributed by atoms with van der Waals surface area (Å²) in [6.07, 6.45) is 3.67. The molecule has 2 aliphatic rings. The summed E-state index contributed by atoms with van der Waals surface area (Å²) < 4.78 is 0. The maximum Gasteiger partial charge on any atom is 0.341 e. The number of carbonyl (C=O) groups is 1. The van der Waals surface area contributed by atoms with E-state index in [0.29, 0.717) is 5.92 Å². The van der Waals surface area contributed by atoms with Gasteiger partial charge in [0.2, 0.25) is 0 Å². The zero-order chi connectivity index (χ0) is 16.4. The number of likely N-dealkylation sites (tertiary alicyclic amines) is 1. The number of carbonyl (C=O) groups excluding carboxylic acids is 1. The quantitative estimate of drug-likeness (QED) is 0.849. The first-order valence-electron chi connectivity index (χ1n) is 8.51. The zero-order valence-corrected chi connectivity index (χ0v) is 13.6. The number of rotatable bonds is 3. The molecule has 0 radical (unpaired) electrons. The fourth-order valence-electron chi connectivity index (χ4n) is 3.50. The lowest BCUT2D eigenvalue weighted by molar-refractivity contribution is 0.0835. The molecule has 2 amide bonds. The van der Waals surface area contributed by atoms with E-state index in [2.05, 4.69) is 41.5 Å². The fourth-order valence-corrected chi connectivity index (χ4v) is 3.50. The standard InChI is InChI=1S/C20H21N3O/c24-20(22-14-17(15-22)13-16-7-3-1-4-8-16)23-19(11-12-21-23)18-9-5-2-6-10-18/h1-10,12,17,19H,11,13-15H2. The highest BCUT2D eigenvalue weighted by atomic mass is 16.2. The Labute approximate surface area is 142 Å². The van der Waals surface area contributed by atoms with Gasteiger partial charge in [-0.25, -0.2) is 9.80 Å². The van der Waals surface area contributed by atoms with Crippen molar-refractivity contribution in [3.05, 3.63) is 71.8 Å². The van der Waals surface area contributed by atoms with Crippen LogP contribution in [0.1, 0.15) is 23.6 Å². The molecule has 2 aromatic carbocycles. The predicted octanol–water partition coefficient (Wildman–Crippen LogP) is 3.71. The van der Waals surface area contributed by atoms with Crippen LogP contribution in [0.25, 0.3) is 0 Å². The number of hydrogen-bond acceptors (Lipinski definition) is 2. The third-order valence-corrected chi connectivity index (χ3v) is 4.81. The Balaban J connectivity index is 1.36. The maximum absolute atomic E-state index is 12.7. The van der Waals surface area contributed by atoms with Crippen LogP contribution in [0.2, 0.25) is 0 Å². The Hall–Kier alpha value is -2.62. The number of hydrogen-bond donors (Lipinski definition) is 0. The van der Waals surface area contributed by atoms with Crippen molar-refractivity contribution in [1.82, 2.24) is 9.91 Å². The molecule has 2 heterocycles. The predicted molar refractivity (Wildman–Crippen MR) is 94.7 cm³/mol. The van der Waals surface area contributed by atoms with Gasteiger partial charge in [-0.2, -0.15) is 5.10 Å². The second-order valence-corrected chi connectivity index (χ2v) is 6.55. The highest BCUT2D eigenvalue weighted by Gasteiger charge is 2.37. The smallest absolute Gasteiger partial charge is 0.322 e. The molecule has 1 saturated heterocycles. The fraction of sp³-hybridized carbons (Fsp3) is 0.300. The van der Waals surface area contributed by atoms with E-state index in [0.717, 1.165) is 31.5 Å². The van der Waals surface area contributed by atoms with Crippen LogP contribution in [0.4, 0.5) is 4.79 Å². The van der Waals surface area contributed by atoms with Gasteiger partial charge in [0.25, 0.3) is 0 Å². The molecule has 1 atom stereocenters. The monoisotopic (exact) mass is 319 g/mol. The summed E-state index contributed by atoms with van der Waals surface area (Å²) in [6, 6.07) is 20.7. The summed E-state index contributed by atoms with van der Waals surface area (Å²) in [6.45, 7) is 1.64. The second-order valence-electron chi connectivity index (χ2n) is 6.55. The van der Waals surface area contributed by atoms with Gasteiger partial charge >= 0.3 is 6.03 Å². The van der Waals surface area contributed by atoms with Crippen LogP contribution in [-0.2, 0) is 6.42 Å².